The Morgan fingerprint density at radius 1 is 1.42 bits per heavy atom. The van der Waals surface area contributed by atoms with Crippen LogP contribution in [0.5, 0.6) is 0 Å². The SMILES string of the molecule is CCCNC(C1=CCCCO1)c1ccc(C)c(Cl)c1. The van der Waals surface area contributed by atoms with E-state index in [1.54, 1.807) is 0 Å². The van der Waals surface area contributed by atoms with Crippen LogP contribution in [0, 0.1) is 6.92 Å². The lowest BCUT2D eigenvalue weighted by Crippen LogP contribution is -2.26. The van der Waals surface area contributed by atoms with Crippen molar-refractivity contribution >= 4 is 11.6 Å². The predicted molar refractivity (Wildman–Crippen MR) is 80.5 cm³/mol. The van der Waals surface area contributed by atoms with Crippen LogP contribution in [-0.4, -0.2) is 13.2 Å². The van der Waals surface area contributed by atoms with Crippen LogP contribution in [0.15, 0.2) is 30.0 Å². The molecule has 1 aliphatic heterocycles. The van der Waals surface area contributed by atoms with Gasteiger partial charge in [-0.1, -0.05) is 30.7 Å². The second kappa shape index (κ2) is 6.97. The minimum Gasteiger partial charge on any atom is -0.496 e. The lowest BCUT2D eigenvalue weighted by molar-refractivity contribution is 0.167. The van der Waals surface area contributed by atoms with Gasteiger partial charge in [-0.2, -0.15) is 0 Å². The van der Waals surface area contributed by atoms with E-state index in [4.69, 9.17) is 16.3 Å². The van der Waals surface area contributed by atoms with Crippen molar-refractivity contribution in [3.05, 3.63) is 46.2 Å². The van der Waals surface area contributed by atoms with E-state index in [1.807, 2.05) is 13.0 Å². The fourth-order valence-corrected chi connectivity index (χ4v) is 2.43. The molecule has 0 fully saturated rings. The first-order chi connectivity index (χ1) is 9.22. The summed E-state index contributed by atoms with van der Waals surface area (Å²) in [5, 5.41) is 4.37. The summed E-state index contributed by atoms with van der Waals surface area (Å²) in [6, 6.07) is 6.37. The Hall–Kier alpha value is -0.990. The highest BCUT2D eigenvalue weighted by Crippen LogP contribution is 2.29. The molecule has 0 aromatic heterocycles. The molecular weight excluding hydrogens is 258 g/mol. The molecule has 1 aromatic rings. The average molecular weight is 280 g/mol. The molecule has 1 aliphatic rings. The molecule has 1 aromatic carbocycles. The zero-order chi connectivity index (χ0) is 13.7. The number of nitrogens with one attached hydrogen (secondary N) is 1. The molecule has 0 spiro atoms. The van der Waals surface area contributed by atoms with Gasteiger partial charge in [0.25, 0.3) is 0 Å². The Morgan fingerprint density at radius 2 is 2.26 bits per heavy atom. The number of benzene rings is 1. The number of halogens is 1. The molecule has 0 saturated carbocycles. The van der Waals surface area contributed by atoms with Crippen LogP contribution in [0.25, 0.3) is 0 Å². The molecule has 0 radical (unpaired) electrons. The summed E-state index contributed by atoms with van der Waals surface area (Å²) in [4.78, 5) is 0. The first-order valence-corrected chi connectivity index (χ1v) is 7.42. The zero-order valence-corrected chi connectivity index (χ0v) is 12.5. The molecule has 1 N–H and O–H groups in total. The number of ether oxygens (including phenoxy) is 1. The maximum Gasteiger partial charge on any atom is 0.113 e. The Bertz CT molecular complexity index is 456. The van der Waals surface area contributed by atoms with Gasteiger partial charge in [-0.15, -0.1) is 0 Å². The Morgan fingerprint density at radius 3 is 2.89 bits per heavy atom. The van der Waals surface area contributed by atoms with Crippen molar-refractivity contribution in [2.45, 2.75) is 39.2 Å². The van der Waals surface area contributed by atoms with E-state index in [0.29, 0.717) is 0 Å². The largest absolute Gasteiger partial charge is 0.496 e. The van der Waals surface area contributed by atoms with Gasteiger partial charge in [0.05, 0.1) is 12.6 Å². The molecule has 0 saturated heterocycles. The van der Waals surface area contributed by atoms with Crippen LogP contribution in [0.3, 0.4) is 0 Å². The summed E-state index contributed by atoms with van der Waals surface area (Å²) in [5.41, 5.74) is 2.29. The number of aryl methyl sites for hydroxylation is 1. The standard InChI is InChI=1S/C16H22ClNO/c1-3-9-18-16(15-6-4-5-10-19-15)13-8-7-12(2)14(17)11-13/h6-8,11,16,18H,3-5,9-10H2,1-2H3. The van der Waals surface area contributed by atoms with Crippen LogP contribution in [0.2, 0.25) is 5.02 Å². The molecular formula is C16H22ClNO. The van der Waals surface area contributed by atoms with Crippen molar-refractivity contribution in [3.63, 3.8) is 0 Å². The molecule has 0 aliphatic carbocycles. The summed E-state index contributed by atoms with van der Waals surface area (Å²) in [6.45, 7) is 5.98. The van der Waals surface area contributed by atoms with Crippen molar-refractivity contribution in [1.82, 2.24) is 5.32 Å². The molecule has 0 bridgehead atoms. The number of rotatable bonds is 5. The van der Waals surface area contributed by atoms with Crippen molar-refractivity contribution in [2.24, 2.45) is 0 Å². The van der Waals surface area contributed by atoms with Gasteiger partial charge in [0, 0.05) is 5.02 Å². The van der Waals surface area contributed by atoms with Crippen molar-refractivity contribution < 1.29 is 4.74 Å². The fraction of sp³-hybridized carbons (Fsp3) is 0.500. The molecule has 3 heteroatoms. The summed E-state index contributed by atoms with van der Waals surface area (Å²) in [6.07, 6.45) is 5.51. The van der Waals surface area contributed by atoms with E-state index in [0.717, 1.165) is 48.8 Å². The topological polar surface area (TPSA) is 21.3 Å². The van der Waals surface area contributed by atoms with E-state index in [1.165, 1.54) is 5.56 Å². The molecule has 1 unspecified atom stereocenters. The second-order valence-corrected chi connectivity index (χ2v) is 5.40. The van der Waals surface area contributed by atoms with Crippen molar-refractivity contribution in [1.29, 1.82) is 0 Å². The van der Waals surface area contributed by atoms with Gasteiger partial charge in [-0.25, -0.2) is 0 Å². The molecule has 104 valence electrons. The van der Waals surface area contributed by atoms with E-state index in [-0.39, 0.29) is 6.04 Å². The van der Waals surface area contributed by atoms with Gasteiger partial charge in [0.15, 0.2) is 0 Å². The summed E-state index contributed by atoms with van der Waals surface area (Å²) >= 11 is 6.24. The summed E-state index contributed by atoms with van der Waals surface area (Å²) in [5.74, 6) is 1.04. The van der Waals surface area contributed by atoms with E-state index < -0.39 is 0 Å². The van der Waals surface area contributed by atoms with Crippen LogP contribution in [0.1, 0.15) is 43.4 Å². The lowest BCUT2D eigenvalue weighted by Gasteiger charge is -2.25. The Labute approximate surface area is 120 Å². The number of hydrogen-bond acceptors (Lipinski definition) is 2. The van der Waals surface area contributed by atoms with Gasteiger partial charge in [-0.3, -0.25) is 0 Å². The highest BCUT2D eigenvalue weighted by molar-refractivity contribution is 6.31. The third kappa shape index (κ3) is 3.74. The van der Waals surface area contributed by atoms with Crippen LogP contribution < -0.4 is 5.32 Å². The molecule has 0 amide bonds. The number of allylic oxidation sites excluding steroid dienone is 1. The van der Waals surface area contributed by atoms with Gasteiger partial charge >= 0.3 is 0 Å². The monoisotopic (exact) mass is 279 g/mol. The smallest absolute Gasteiger partial charge is 0.113 e. The van der Waals surface area contributed by atoms with Gasteiger partial charge in [-0.05, 0) is 56.0 Å². The first kappa shape index (κ1) is 14.4. The average Bonchev–Trinajstić information content (AvgIpc) is 2.44. The minimum absolute atomic E-state index is 0.123. The maximum absolute atomic E-state index is 6.24. The molecule has 1 atom stereocenters. The van der Waals surface area contributed by atoms with Gasteiger partial charge in [0.2, 0.25) is 0 Å². The summed E-state index contributed by atoms with van der Waals surface area (Å²) < 4.78 is 5.82. The first-order valence-electron chi connectivity index (χ1n) is 7.04. The van der Waals surface area contributed by atoms with Crippen LogP contribution >= 0.6 is 11.6 Å². The zero-order valence-electron chi connectivity index (χ0n) is 11.7. The highest BCUT2D eigenvalue weighted by Gasteiger charge is 2.19. The molecule has 2 rings (SSSR count). The highest BCUT2D eigenvalue weighted by atomic mass is 35.5. The van der Waals surface area contributed by atoms with Crippen molar-refractivity contribution in [3.8, 4) is 0 Å². The Balaban J connectivity index is 2.25. The van der Waals surface area contributed by atoms with Gasteiger partial charge < -0.3 is 10.1 Å². The lowest BCUT2D eigenvalue weighted by atomic mass is 10.0. The van der Waals surface area contributed by atoms with E-state index in [9.17, 15) is 0 Å². The predicted octanol–water partition coefficient (Wildman–Crippen LogP) is 4.38. The maximum atomic E-state index is 6.24. The minimum atomic E-state index is 0.123. The molecule has 19 heavy (non-hydrogen) atoms. The van der Waals surface area contributed by atoms with E-state index >= 15 is 0 Å². The normalized spacial score (nSPS) is 16.7. The number of hydrogen-bond donors (Lipinski definition) is 1. The quantitative estimate of drug-likeness (QED) is 0.863. The van der Waals surface area contributed by atoms with Crippen molar-refractivity contribution in [2.75, 3.05) is 13.2 Å². The summed E-state index contributed by atoms with van der Waals surface area (Å²) in [7, 11) is 0. The molecule has 2 nitrogen and oxygen atoms in total. The third-order valence-corrected chi connectivity index (χ3v) is 3.78. The third-order valence-electron chi connectivity index (χ3n) is 3.37. The second-order valence-electron chi connectivity index (χ2n) is 4.99. The van der Waals surface area contributed by atoms with E-state index in [2.05, 4.69) is 30.4 Å². The fourth-order valence-electron chi connectivity index (χ4n) is 2.24. The van der Waals surface area contributed by atoms with Crippen LogP contribution in [0.4, 0.5) is 0 Å². The molecule has 1 heterocycles. The Kier molecular flexibility index (Phi) is 5.29. The van der Waals surface area contributed by atoms with Gasteiger partial charge in [0.1, 0.15) is 5.76 Å². The van der Waals surface area contributed by atoms with Crippen LogP contribution in [-0.2, 0) is 4.74 Å².